The van der Waals surface area contributed by atoms with E-state index >= 15 is 0 Å². The minimum atomic E-state index is -0.882. The van der Waals surface area contributed by atoms with Gasteiger partial charge in [-0.25, -0.2) is 0 Å². The van der Waals surface area contributed by atoms with Crippen molar-refractivity contribution in [1.29, 1.82) is 0 Å². The number of carboxylic acids is 1. The molecular weight excluding hydrogens is 196 g/mol. The van der Waals surface area contributed by atoms with Gasteiger partial charge < -0.3 is 16.2 Å². The van der Waals surface area contributed by atoms with Crippen LogP contribution in [0, 0.1) is 11.8 Å². The van der Waals surface area contributed by atoms with Crippen LogP contribution < -0.4 is 11.1 Å². The number of carbonyl (C=O) groups is 2. The highest BCUT2D eigenvalue weighted by Gasteiger charge is 2.46. The smallest absolute Gasteiger partial charge is 0.308 e. The third-order valence-electron chi connectivity index (χ3n) is 2.85. The number of hydrogen-bond acceptors (Lipinski definition) is 3. The molecule has 1 amide bonds. The van der Waals surface area contributed by atoms with Crippen LogP contribution in [-0.4, -0.2) is 29.1 Å². The summed E-state index contributed by atoms with van der Waals surface area (Å²) in [6, 6.07) is 0. The van der Waals surface area contributed by atoms with Gasteiger partial charge in [0.25, 0.3) is 0 Å². The highest BCUT2D eigenvalue weighted by Crippen LogP contribution is 2.32. The summed E-state index contributed by atoms with van der Waals surface area (Å²) in [4.78, 5) is 22.3. The number of rotatable bonds is 5. The zero-order valence-electron chi connectivity index (χ0n) is 9.12. The number of aliphatic carboxylic acids is 1. The molecule has 0 aromatic carbocycles. The van der Waals surface area contributed by atoms with Crippen molar-refractivity contribution in [3.63, 3.8) is 0 Å². The summed E-state index contributed by atoms with van der Waals surface area (Å²) in [6.45, 7) is 3.80. The molecule has 0 aromatic rings. The van der Waals surface area contributed by atoms with E-state index in [0.717, 1.165) is 0 Å². The van der Waals surface area contributed by atoms with Crippen molar-refractivity contribution in [2.45, 2.75) is 32.2 Å². The normalized spacial score (nSPS) is 19.7. The molecule has 1 unspecified atom stereocenters. The van der Waals surface area contributed by atoms with Gasteiger partial charge in [0.15, 0.2) is 0 Å². The summed E-state index contributed by atoms with van der Waals surface area (Å²) < 4.78 is 0. The molecule has 0 radical (unpaired) electrons. The van der Waals surface area contributed by atoms with Gasteiger partial charge in [-0.15, -0.1) is 0 Å². The minimum absolute atomic E-state index is 0.00396. The second-order valence-corrected chi connectivity index (χ2v) is 4.55. The Morgan fingerprint density at radius 1 is 1.47 bits per heavy atom. The van der Waals surface area contributed by atoms with Crippen LogP contribution in [0.4, 0.5) is 0 Å². The van der Waals surface area contributed by atoms with Crippen LogP contribution in [0.1, 0.15) is 26.7 Å². The van der Waals surface area contributed by atoms with E-state index in [1.165, 1.54) is 0 Å². The molecule has 0 heterocycles. The molecule has 1 aliphatic carbocycles. The molecule has 5 nitrogen and oxygen atoms in total. The fraction of sp³-hybridized carbons (Fsp3) is 0.800. The topological polar surface area (TPSA) is 92.4 Å². The van der Waals surface area contributed by atoms with Crippen molar-refractivity contribution >= 4 is 11.9 Å². The lowest BCUT2D eigenvalue weighted by Crippen LogP contribution is -2.46. The lowest BCUT2D eigenvalue weighted by Gasteiger charge is -2.18. The molecular formula is C10H18N2O3. The second kappa shape index (κ2) is 4.18. The van der Waals surface area contributed by atoms with Gasteiger partial charge in [0.05, 0.1) is 11.5 Å². The number of nitrogens with one attached hydrogen (secondary N) is 1. The molecule has 0 spiro atoms. The Morgan fingerprint density at radius 2 is 2.00 bits per heavy atom. The zero-order chi connectivity index (χ0) is 11.6. The molecule has 0 aliphatic heterocycles. The van der Waals surface area contributed by atoms with Crippen LogP contribution >= 0.6 is 0 Å². The predicted molar refractivity (Wildman–Crippen MR) is 55.1 cm³/mol. The van der Waals surface area contributed by atoms with Gasteiger partial charge in [-0.05, 0) is 18.8 Å². The highest BCUT2D eigenvalue weighted by molar-refractivity contribution is 5.89. The van der Waals surface area contributed by atoms with E-state index in [4.69, 9.17) is 10.8 Å². The van der Waals surface area contributed by atoms with Crippen LogP contribution in [-0.2, 0) is 9.59 Å². The lowest BCUT2D eigenvalue weighted by atomic mass is 9.96. The molecule has 15 heavy (non-hydrogen) atoms. The first-order valence-corrected chi connectivity index (χ1v) is 5.17. The Hall–Kier alpha value is -1.10. The van der Waals surface area contributed by atoms with E-state index in [2.05, 4.69) is 5.32 Å². The first-order chi connectivity index (χ1) is 6.87. The summed E-state index contributed by atoms with van der Waals surface area (Å²) in [5, 5.41) is 11.5. The summed E-state index contributed by atoms with van der Waals surface area (Å²) in [5.41, 5.74) is 4.95. The van der Waals surface area contributed by atoms with Gasteiger partial charge in [-0.1, -0.05) is 13.8 Å². The van der Waals surface area contributed by atoms with Gasteiger partial charge in [-0.3, -0.25) is 9.59 Å². The van der Waals surface area contributed by atoms with Gasteiger partial charge in [0.2, 0.25) is 5.91 Å². The Kier molecular flexibility index (Phi) is 3.34. The maximum atomic E-state index is 11.4. The molecule has 0 saturated heterocycles. The molecule has 0 bridgehead atoms. The predicted octanol–water partition coefficient (Wildman–Crippen LogP) is -0.0493. The van der Waals surface area contributed by atoms with Crippen molar-refractivity contribution in [2.75, 3.05) is 6.54 Å². The summed E-state index contributed by atoms with van der Waals surface area (Å²) in [7, 11) is 0. The SMILES string of the molecule is CC(C)C(CNC(=O)C1(N)CC1)C(=O)O. The van der Waals surface area contributed by atoms with Crippen LogP contribution in [0.2, 0.25) is 0 Å². The molecule has 1 fully saturated rings. The maximum absolute atomic E-state index is 11.4. The molecule has 5 heteroatoms. The van der Waals surface area contributed by atoms with E-state index in [9.17, 15) is 9.59 Å². The van der Waals surface area contributed by atoms with Crippen LogP contribution in [0.25, 0.3) is 0 Å². The Labute approximate surface area is 89.0 Å². The molecule has 1 aliphatic rings. The van der Waals surface area contributed by atoms with Crippen molar-refractivity contribution in [3.8, 4) is 0 Å². The second-order valence-electron chi connectivity index (χ2n) is 4.55. The summed E-state index contributed by atoms with van der Waals surface area (Å²) in [6.07, 6.45) is 1.39. The molecule has 4 N–H and O–H groups in total. The van der Waals surface area contributed by atoms with Crippen molar-refractivity contribution in [2.24, 2.45) is 17.6 Å². The van der Waals surface area contributed by atoms with E-state index in [-0.39, 0.29) is 18.4 Å². The quantitative estimate of drug-likeness (QED) is 0.598. The lowest BCUT2D eigenvalue weighted by molar-refractivity contribution is -0.143. The van der Waals surface area contributed by atoms with Gasteiger partial charge >= 0.3 is 5.97 Å². The van der Waals surface area contributed by atoms with Gasteiger partial charge in [0.1, 0.15) is 0 Å². The van der Waals surface area contributed by atoms with E-state index in [1.54, 1.807) is 0 Å². The molecule has 0 aromatic heterocycles. The first kappa shape index (κ1) is 12.0. The average Bonchev–Trinajstić information content (AvgIpc) is 2.83. The van der Waals surface area contributed by atoms with Crippen molar-refractivity contribution in [3.05, 3.63) is 0 Å². The largest absolute Gasteiger partial charge is 0.481 e. The van der Waals surface area contributed by atoms with Gasteiger partial charge in [-0.2, -0.15) is 0 Å². The maximum Gasteiger partial charge on any atom is 0.308 e. The fourth-order valence-electron chi connectivity index (χ4n) is 1.35. The fourth-order valence-corrected chi connectivity index (χ4v) is 1.35. The third-order valence-corrected chi connectivity index (χ3v) is 2.85. The van der Waals surface area contributed by atoms with Crippen molar-refractivity contribution in [1.82, 2.24) is 5.32 Å². The van der Waals surface area contributed by atoms with Crippen molar-refractivity contribution < 1.29 is 14.7 Å². The number of amides is 1. The summed E-state index contributed by atoms with van der Waals surface area (Å²) in [5.74, 6) is -1.66. The Morgan fingerprint density at radius 3 is 2.33 bits per heavy atom. The number of carboxylic acid groups (broad SMARTS) is 1. The number of nitrogens with two attached hydrogens (primary N) is 1. The summed E-state index contributed by atoms with van der Waals surface area (Å²) >= 11 is 0. The zero-order valence-corrected chi connectivity index (χ0v) is 9.12. The minimum Gasteiger partial charge on any atom is -0.481 e. The Balaban J connectivity index is 2.40. The third kappa shape index (κ3) is 2.92. The number of hydrogen-bond donors (Lipinski definition) is 3. The van der Waals surface area contributed by atoms with E-state index < -0.39 is 17.4 Å². The Bertz CT molecular complexity index is 272. The standard InChI is InChI=1S/C10H18N2O3/c1-6(2)7(8(13)14)5-12-9(15)10(11)3-4-10/h6-7H,3-5,11H2,1-2H3,(H,12,15)(H,13,14). The molecule has 1 saturated carbocycles. The number of carbonyl (C=O) groups excluding carboxylic acids is 1. The van der Waals surface area contributed by atoms with Gasteiger partial charge in [0, 0.05) is 6.54 Å². The highest BCUT2D eigenvalue weighted by atomic mass is 16.4. The monoisotopic (exact) mass is 214 g/mol. The van der Waals surface area contributed by atoms with Crippen LogP contribution in [0.15, 0.2) is 0 Å². The van der Waals surface area contributed by atoms with Crippen LogP contribution in [0.5, 0.6) is 0 Å². The van der Waals surface area contributed by atoms with E-state index in [1.807, 2.05) is 13.8 Å². The van der Waals surface area contributed by atoms with Crippen LogP contribution in [0.3, 0.4) is 0 Å². The molecule has 1 rings (SSSR count). The first-order valence-electron chi connectivity index (χ1n) is 5.17. The molecule has 86 valence electrons. The molecule has 1 atom stereocenters. The van der Waals surface area contributed by atoms with E-state index in [0.29, 0.717) is 12.8 Å². The average molecular weight is 214 g/mol.